The number of hydrogen-bond acceptors (Lipinski definition) is 18. The third-order valence-electron chi connectivity index (χ3n) is 13.8. The Kier molecular flexibility index (Phi) is 21.1. The van der Waals surface area contributed by atoms with Gasteiger partial charge in [0.2, 0.25) is 23.7 Å². The molecule has 82 heavy (non-hydrogen) atoms. The molecule has 0 bridgehead atoms. The highest BCUT2D eigenvalue weighted by molar-refractivity contribution is 7.86. The quantitative estimate of drug-likeness (QED) is 0.00878. The zero-order valence-electron chi connectivity index (χ0n) is 45.1. The van der Waals surface area contributed by atoms with E-state index < -0.39 is 90.3 Å². The molecule has 4 heterocycles. The van der Waals surface area contributed by atoms with Gasteiger partial charge in [-0.15, -0.1) is 0 Å². The fourth-order valence-electron chi connectivity index (χ4n) is 9.87. The fourth-order valence-corrected chi connectivity index (χ4v) is 13.9. The highest BCUT2D eigenvalue weighted by Crippen LogP contribution is 2.66. The van der Waals surface area contributed by atoms with Crippen LogP contribution < -0.4 is 15.5 Å². The van der Waals surface area contributed by atoms with Gasteiger partial charge in [-0.2, -0.15) is 21.6 Å². The number of likely N-dealkylation sites (N-methyl/N-ethyl adjacent to an activating group) is 1. The molecule has 28 nitrogen and oxygen atoms in total. The van der Waals surface area contributed by atoms with Crippen molar-refractivity contribution in [1.29, 1.82) is 0 Å². The summed E-state index contributed by atoms with van der Waals surface area (Å²) in [5, 5.41) is 27.8. The Morgan fingerprint density at radius 3 is 2.17 bits per heavy atom. The van der Waals surface area contributed by atoms with Gasteiger partial charge in [0.05, 0.1) is 46.1 Å². The van der Waals surface area contributed by atoms with Gasteiger partial charge < -0.3 is 59.6 Å². The maximum atomic E-state index is 12.7. The zero-order chi connectivity index (χ0) is 60.8. The highest BCUT2D eigenvalue weighted by Gasteiger charge is 2.47. The second-order valence-electron chi connectivity index (χ2n) is 20.3. The number of amides is 2. The summed E-state index contributed by atoms with van der Waals surface area (Å²) in [5.41, 5.74) is 3.46. The number of unbranched alkanes of at least 4 members (excludes halogenated alkanes) is 4. The largest absolute Gasteiger partial charge is 0.744 e. The van der Waals surface area contributed by atoms with Gasteiger partial charge in [0.25, 0.3) is 10.1 Å². The molecule has 1 saturated heterocycles. The number of phosphoric ester groups is 1. The summed E-state index contributed by atoms with van der Waals surface area (Å²) >= 11 is 0. The molecule has 5 atom stereocenters. The van der Waals surface area contributed by atoms with Crippen LogP contribution in [0.1, 0.15) is 115 Å². The number of benzene rings is 2. The number of rotatable bonds is 27. The maximum Gasteiger partial charge on any atom is 0.490 e. The molecular weight excluding hydrogens is 1180 g/mol. The number of phosphoric acid groups is 3. The maximum absolute atomic E-state index is 12.7. The van der Waals surface area contributed by atoms with Crippen molar-refractivity contribution < 1.29 is 101 Å². The van der Waals surface area contributed by atoms with Crippen molar-refractivity contribution in [3.05, 3.63) is 99.4 Å². The second kappa shape index (κ2) is 26.3. The number of nitrogens with one attached hydrogen (secondary N) is 2. The fraction of sp³-hybridized carbons (Fsp3) is 0.490. The molecule has 450 valence electrons. The summed E-state index contributed by atoms with van der Waals surface area (Å²) in [5.74, 6) is 4.43. The number of aromatic nitrogens is 1. The molecule has 0 radical (unpaired) electrons. The van der Waals surface area contributed by atoms with Gasteiger partial charge in [0.1, 0.15) is 29.0 Å². The van der Waals surface area contributed by atoms with Crippen LogP contribution in [0, 0.1) is 22.0 Å². The van der Waals surface area contributed by atoms with Gasteiger partial charge in [-0.05, 0) is 93.3 Å². The lowest BCUT2D eigenvalue weighted by Gasteiger charge is -2.25. The van der Waals surface area contributed by atoms with E-state index in [1.807, 2.05) is 52.8 Å². The summed E-state index contributed by atoms with van der Waals surface area (Å²) in [6.07, 6.45) is 6.75. The molecule has 6 rings (SSSR count). The number of nitro groups is 1. The van der Waals surface area contributed by atoms with Crippen LogP contribution in [-0.4, -0.2) is 127 Å². The van der Waals surface area contributed by atoms with Gasteiger partial charge in [0, 0.05) is 73.3 Å². The number of aliphatic hydroxyl groups is 1. The van der Waals surface area contributed by atoms with Gasteiger partial charge in [-0.1, -0.05) is 38.2 Å². The van der Waals surface area contributed by atoms with Gasteiger partial charge >= 0.3 is 29.3 Å². The number of fused-ring (bicyclic) bond motifs is 2. The van der Waals surface area contributed by atoms with E-state index in [0.717, 1.165) is 39.0 Å². The minimum Gasteiger partial charge on any atom is -0.744 e. The monoisotopic (exact) mass is 1250 g/mol. The smallest absolute Gasteiger partial charge is 0.490 e. The molecule has 33 heteroatoms. The summed E-state index contributed by atoms with van der Waals surface area (Å²) in [7, 11) is -26.2. The molecule has 3 aromatic rings. The first-order valence-electron chi connectivity index (χ1n) is 25.6. The average molecular weight is 1250 g/mol. The predicted molar refractivity (Wildman–Crippen MR) is 292 cm³/mol. The summed E-state index contributed by atoms with van der Waals surface area (Å²) in [6, 6.07) is 10.00. The van der Waals surface area contributed by atoms with Crippen LogP contribution in [0.15, 0.2) is 82.4 Å². The van der Waals surface area contributed by atoms with Crippen LogP contribution in [0.4, 0.5) is 17.2 Å². The Balaban J connectivity index is 0.929. The molecule has 1 aromatic heterocycles. The Morgan fingerprint density at radius 2 is 1.54 bits per heavy atom. The minimum atomic E-state index is -5.80. The van der Waals surface area contributed by atoms with E-state index in [9.17, 15) is 74.2 Å². The standard InChI is InChI=1S/C49H65N6O22P3S2/c1-6-52-38-22-20-34(81(68,69)70)28-36(38)48(2,3)42(52)16-13-17-43-49(4,5)37-29-35(82(71,72)73)21-23-39(37)53(43)26-12-8-10-19-44(57)50-24-11-7-9-18-45(58)51-25-14-15-33-27-46(55(59)60)54(31-33)47-30-40(56)41(75-47)32-74-79(64,65)77-80(66,67)76-78(61,62)63/h13,16-17,20-23,27-29,31,40-41,47,56H,6-12,18-19,24-26,30,32H2,1-5H3,(H7-,50,51,57,58,61,62,63,64,65,66,67,68,69,70,71,72,73)/t40-,41+,47+/m0/s1. The minimum absolute atomic E-state index is 0.107. The topological polar surface area (TPSA) is 413 Å². The Bertz CT molecular complexity index is 3490. The summed E-state index contributed by atoms with van der Waals surface area (Å²) < 4.78 is 125. The lowest BCUT2D eigenvalue weighted by Crippen LogP contribution is -2.28. The van der Waals surface area contributed by atoms with E-state index in [1.165, 1.54) is 30.5 Å². The Labute approximate surface area is 473 Å². The number of nitrogens with zero attached hydrogens (tertiary/aromatic N) is 4. The van der Waals surface area contributed by atoms with E-state index in [0.29, 0.717) is 63.7 Å². The summed E-state index contributed by atoms with van der Waals surface area (Å²) in [6.45, 7) is 10.2. The highest BCUT2D eigenvalue weighted by atomic mass is 32.2. The summed E-state index contributed by atoms with van der Waals surface area (Å²) in [4.78, 5) is 74.2. The molecule has 1 fully saturated rings. The van der Waals surface area contributed by atoms with Crippen LogP contribution >= 0.6 is 23.5 Å². The average Bonchev–Trinajstić information content (AvgIpc) is 3.68. The van der Waals surface area contributed by atoms with Gasteiger partial charge in [-0.3, -0.25) is 18.7 Å². The molecule has 0 aliphatic carbocycles. The Morgan fingerprint density at radius 1 is 0.890 bits per heavy atom. The van der Waals surface area contributed by atoms with Crippen molar-refractivity contribution in [2.75, 3.05) is 37.7 Å². The van der Waals surface area contributed by atoms with E-state index in [1.54, 1.807) is 12.1 Å². The van der Waals surface area contributed by atoms with Crippen molar-refractivity contribution in [3.8, 4) is 11.8 Å². The van der Waals surface area contributed by atoms with Crippen LogP contribution in [0.2, 0.25) is 0 Å². The first kappa shape index (κ1) is 65.9. The number of carbonyl (C=O) groups is 2. The van der Waals surface area contributed by atoms with Gasteiger partial charge in [0.15, 0.2) is 5.71 Å². The number of anilines is 1. The van der Waals surface area contributed by atoms with Crippen molar-refractivity contribution in [2.45, 2.75) is 131 Å². The molecular formula is C49H65N6O22P3S2. The van der Waals surface area contributed by atoms with Crippen LogP contribution in [0.3, 0.4) is 0 Å². The molecule has 3 aliphatic rings. The molecule has 0 saturated carbocycles. The molecule has 0 spiro atoms. The number of aliphatic hydroxyl groups excluding tert-OH is 1. The van der Waals surface area contributed by atoms with E-state index in [-0.39, 0.29) is 53.0 Å². The first-order chi connectivity index (χ1) is 38.0. The van der Waals surface area contributed by atoms with E-state index in [2.05, 4.69) is 45.1 Å². The van der Waals surface area contributed by atoms with Crippen LogP contribution in [-0.2, 0) is 72.2 Å². The van der Waals surface area contributed by atoms with Crippen molar-refractivity contribution in [1.82, 2.24) is 15.2 Å². The Hall–Kier alpha value is -5.28. The third-order valence-corrected chi connectivity index (χ3v) is 19.3. The van der Waals surface area contributed by atoms with Crippen LogP contribution in [0.5, 0.6) is 0 Å². The van der Waals surface area contributed by atoms with Crippen LogP contribution in [0.25, 0.3) is 0 Å². The van der Waals surface area contributed by atoms with E-state index >= 15 is 0 Å². The normalized spacial score (nSPS) is 20.5. The molecule has 2 unspecified atom stereocenters. The lowest BCUT2D eigenvalue weighted by atomic mass is 9.81. The first-order valence-corrected chi connectivity index (χ1v) is 33.0. The number of ether oxygens (including phenoxy) is 1. The molecule has 2 aromatic carbocycles. The molecule has 2 amide bonds. The van der Waals surface area contributed by atoms with Gasteiger partial charge in [-0.25, -0.2) is 26.7 Å². The predicted octanol–water partition coefficient (Wildman–Crippen LogP) is 5.58. The zero-order valence-corrected chi connectivity index (χ0v) is 49.5. The van der Waals surface area contributed by atoms with Crippen molar-refractivity contribution in [2.24, 2.45) is 0 Å². The molecule has 8 N–H and O–H groups in total. The SMILES string of the molecule is CCN1/C(=C\C=C\C2=[N+](CCCCCC(=O)NCCCCCC(=O)NCC#Cc3cc([N+](=O)[O-])n([C@H]4C[C@H](O)[C@@H](COP(=O)(O)OP(=O)(O)OP(=O)(O)O)O4)c3)c3ccc(S(=O)(=O)[O-])cc3C2(C)C)C(C)(C)c2cc(S(=O)(=O)O)ccc21. The number of allylic oxidation sites excluding steroid dienone is 4. The number of hydrogen-bond donors (Lipinski definition) is 8. The third kappa shape index (κ3) is 17.0. The second-order valence-corrected chi connectivity index (χ2v) is 27.6. The van der Waals surface area contributed by atoms with Crippen molar-refractivity contribution in [3.63, 3.8) is 0 Å². The number of carbonyl (C=O) groups excluding carboxylic acids is 2. The van der Waals surface area contributed by atoms with Crippen molar-refractivity contribution >= 4 is 78.4 Å². The molecule has 3 aliphatic heterocycles. The van der Waals surface area contributed by atoms with E-state index in [4.69, 9.17) is 14.5 Å². The lowest BCUT2D eigenvalue weighted by molar-refractivity contribution is -0.438.